The quantitative estimate of drug-likeness (QED) is 0.225. The summed E-state index contributed by atoms with van der Waals surface area (Å²) < 4.78 is 21.1. The number of nitrogens with one attached hydrogen (secondary N) is 3. The van der Waals surface area contributed by atoms with Crippen LogP contribution in [-0.4, -0.2) is 87.4 Å². The highest BCUT2D eigenvalue weighted by molar-refractivity contribution is 6.30. The number of hydrogen-bond donors (Lipinski definition) is 4. The van der Waals surface area contributed by atoms with Crippen LogP contribution in [0.15, 0.2) is 36.4 Å². The monoisotopic (exact) mass is 684 g/mol. The topological polar surface area (TPSA) is 164 Å². The number of rotatable bonds is 12. The van der Waals surface area contributed by atoms with Crippen LogP contribution in [0.4, 0.5) is 14.9 Å². The number of aromatic nitrogens is 2. The lowest BCUT2D eigenvalue weighted by atomic mass is 10.1. The molecule has 0 bridgehead atoms. The lowest BCUT2D eigenvalue weighted by Gasteiger charge is -2.33. The van der Waals surface area contributed by atoms with Gasteiger partial charge in [0.1, 0.15) is 18.0 Å². The first-order valence-electron chi connectivity index (χ1n) is 16.0. The second kappa shape index (κ2) is 14.8. The van der Waals surface area contributed by atoms with Crippen molar-refractivity contribution in [3.63, 3.8) is 0 Å². The number of alkyl carbamates (subject to hydrolysis) is 1. The van der Waals surface area contributed by atoms with Gasteiger partial charge in [0.2, 0.25) is 11.8 Å². The first kappa shape index (κ1) is 34.9. The van der Waals surface area contributed by atoms with Crippen LogP contribution in [-0.2, 0) is 27.4 Å². The van der Waals surface area contributed by atoms with Gasteiger partial charge in [-0.2, -0.15) is 5.10 Å². The van der Waals surface area contributed by atoms with Gasteiger partial charge in [-0.25, -0.2) is 9.18 Å². The molecule has 0 spiro atoms. The van der Waals surface area contributed by atoms with E-state index in [9.17, 15) is 23.6 Å². The molecule has 0 radical (unpaired) electrons. The van der Waals surface area contributed by atoms with Gasteiger partial charge in [-0.05, 0) is 77.3 Å². The van der Waals surface area contributed by atoms with E-state index in [1.165, 1.54) is 21.7 Å². The summed E-state index contributed by atoms with van der Waals surface area (Å²) in [6.07, 6.45) is 2.86. The average Bonchev–Trinajstić information content (AvgIpc) is 3.80. The summed E-state index contributed by atoms with van der Waals surface area (Å²) in [4.78, 5) is 54.5. The van der Waals surface area contributed by atoms with E-state index in [4.69, 9.17) is 22.1 Å². The van der Waals surface area contributed by atoms with Crippen LogP contribution in [0.25, 0.3) is 10.9 Å². The number of primary amides is 1. The Labute approximate surface area is 283 Å². The molecule has 2 heterocycles. The van der Waals surface area contributed by atoms with E-state index in [1.807, 2.05) is 26.8 Å². The second-order valence-electron chi connectivity index (χ2n) is 13.2. The number of carbonyl (C=O) groups is 4. The molecule has 5 N–H and O–H groups in total. The number of hydrogen-bond acceptors (Lipinski definition) is 8. The van der Waals surface area contributed by atoms with Gasteiger partial charge in [-0.3, -0.25) is 24.0 Å². The number of fused-ring (bicyclic) bond motifs is 1. The number of likely N-dealkylation sites (tertiary alicyclic amines) is 1. The zero-order chi connectivity index (χ0) is 34.6. The Hall–Kier alpha value is -4.43. The Morgan fingerprint density at radius 3 is 2.62 bits per heavy atom. The predicted octanol–water partition coefficient (Wildman–Crippen LogP) is 3.59. The first-order chi connectivity index (χ1) is 22.8. The number of nitrogens with zero attached hydrogens (tertiary/aromatic N) is 4. The molecule has 1 aliphatic heterocycles. The minimum absolute atomic E-state index is 0.0281. The summed E-state index contributed by atoms with van der Waals surface area (Å²) in [5.74, 6) is -2.11. The minimum atomic E-state index is -0.734. The van der Waals surface area contributed by atoms with Gasteiger partial charge in [0.25, 0.3) is 5.91 Å². The molecule has 2 aromatic carbocycles. The Bertz CT molecular complexity index is 1690. The van der Waals surface area contributed by atoms with Crippen LogP contribution in [0.1, 0.15) is 62.5 Å². The fraction of sp³-hybridized carbons (Fsp3) is 0.485. The van der Waals surface area contributed by atoms with E-state index >= 15 is 0 Å². The highest BCUT2D eigenvalue weighted by atomic mass is 35.5. The molecular weight excluding hydrogens is 643 g/mol. The van der Waals surface area contributed by atoms with Gasteiger partial charge in [-0.1, -0.05) is 23.7 Å². The number of carbonyl (C=O) groups excluding carboxylic acids is 4. The molecule has 5 rings (SSSR count). The number of benzene rings is 2. The third-order valence-electron chi connectivity index (χ3n) is 8.13. The molecule has 0 unspecified atom stereocenters. The Balaban J connectivity index is 1.21. The molecule has 1 saturated heterocycles. The molecule has 48 heavy (non-hydrogen) atoms. The Morgan fingerprint density at radius 2 is 1.92 bits per heavy atom. The molecule has 1 saturated carbocycles. The third kappa shape index (κ3) is 9.13. The van der Waals surface area contributed by atoms with E-state index in [0.29, 0.717) is 24.1 Å². The maximum Gasteiger partial charge on any atom is 0.407 e. The summed E-state index contributed by atoms with van der Waals surface area (Å²) in [6, 6.07) is 9.79. The maximum atomic E-state index is 14.2. The summed E-state index contributed by atoms with van der Waals surface area (Å²) in [5.41, 5.74) is 6.64. The van der Waals surface area contributed by atoms with Crippen molar-refractivity contribution in [2.45, 2.75) is 77.2 Å². The summed E-state index contributed by atoms with van der Waals surface area (Å²) >= 11 is 5.84. The van der Waals surface area contributed by atoms with Crippen LogP contribution in [0.5, 0.6) is 0 Å². The number of piperidine rings is 1. The smallest absolute Gasteiger partial charge is 0.407 e. The molecule has 2 aliphatic rings. The van der Waals surface area contributed by atoms with E-state index < -0.39 is 29.3 Å². The van der Waals surface area contributed by atoms with Gasteiger partial charge >= 0.3 is 6.09 Å². The van der Waals surface area contributed by atoms with Gasteiger partial charge in [0.05, 0.1) is 23.8 Å². The average molecular weight is 685 g/mol. The van der Waals surface area contributed by atoms with E-state index in [2.05, 4.69) is 25.9 Å². The van der Waals surface area contributed by atoms with Gasteiger partial charge < -0.3 is 31.3 Å². The van der Waals surface area contributed by atoms with Crippen molar-refractivity contribution in [2.24, 2.45) is 5.73 Å². The lowest BCUT2D eigenvalue weighted by molar-refractivity contribution is -0.137. The number of amides is 4. The fourth-order valence-corrected chi connectivity index (χ4v) is 5.90. The third-order valence-corrected chi connectivity index (χ3v) is 8.42. The van der Waals surface area contributed by atoms with Crippen molar-refractivity contribution in [3.05, 3.63) is 58.5 Å². The molecule has 15 heteroatoms. The van der Waals surface area contributed by atoms with Gasteiger partial charge in [-0.15, -0.1) is 0 Å². The normalized spacial score (nSPS) is 16.7. The Morgan fingerprint density at radius 1 is 1.15 bits per heavy atom. The highest BCUT2D eigenvalue weighted by Gasteiger charge is 2.34. The SMILES string of the molecule is CC(C)(C)OC(=O)N[C@@H]1CCCN(CNc2ccc3c(c2)c(C(N)=O)nn3CC(=O)N(CC(=O)NCc2cccc(Cl)c2F)C2CC2)C1. The summed E-state index contributed by atoms with van der Waals surface area (Å²) in [6.45, 7) is 7.00. The number of anilines is 1. The predicted molar refractivity (Wildman–Crippen MR) is 179 cm³/mol. The molecule has 4 amide bonds. The fourth-order valence-electron chi connectivity index (χ4n) is 5.70. The van der Waals surface area contributed by atoms with Crippen molar-refractivity contribution in [2.75, 3.05) is 31.6 Å². The van der Waals surface area contributed by atoms with E-state index in [-0.39, 0.29) is 53.9 Å². The highest BCUT2D eigenvalue weighted by Crippen LogP contribution is 2.28. The number of halogens is 2. The summed E-state index contributed by atoms with van der Waals surface area (Å²) in [7, 11) is 0. The maximum absolute atomic E-state index is 14.2. The Kier molecular flexibility index (Phi) is 10.7. The van der Waals surface area contributed by atoms with Crippen molar-refractivity contribution in [1.29, 1.82) is 0 Å². The lowest BCUT2D eigenvalue weighted by Crippen LogP contribution is -2.49. The van der Waals surface area contributed by atoms with Crippen molar-refractivity contribution < 1.29 is 28.3 Å². The molecule has 1 atom stereocenters. The van der Waals surface area contributed by atoms with Crippen LogP contribution in [0.3, 0.4) is 0 Å². The van der Waals surface area contributed by atoms with Crippen molar-refractivity contribution in [1.82, 2.24) is 30.2 Å². The molecule has 1 aliphatic carbocycles. The van der Waals surface area contributed by atoms with Crippen LogP contribution >= 0.6 is 11.6 Å². The minimum Gasteiger partial charge on any atom is -0.444 e. The molecule has 1 aromatic heterocycles. The van der Waals surface area contributed by atoms with E-state index in [1.54, 1.807) is 18.2 Å². The summed E-state index contributed by atoms with van der Waals surface area (Å²) in [5, 5.41) is 13.8. The van der Waals surface area contributed by atoms with Crippen molar-refractivity contribution in [3.8, 4) is 0 Å². The molecular formula is C33H42ClFN8O5. The van der Waals surface area contributed by atoms with Crippen LogP contribution in [0, 0.1) is 5.82 Å². The van der Waals surface area contributed by atoms with Gasteiger partial charge in [0.15, 0.2) is 5.69 Å². The van der Waals surface area contributed by atoms with Crippen LogP contribution < -0.4 is 21.7 Å². The number of ether oxygens (including phenoxy) is 1. The molecule has 2 fully saturated rings. The largest absolute Gasteiger partial charge is 0.444 e. The molecule has 258 valence electrons. The first-order valence-corrected chi connectivity index (χ1v) is 16.4. The number of nitrogens with two attached hydrogens (primary N) is 1. The zero-order valence-electron chi connectivity index (χ0n) is 27.4. The van der Waals surface area contributed by atoms with Gasteiger partial charge in [0, 0.05) is 41.8 Å². The van der Waals surface area contributed by atoms with Crippen molar-refractivity contribution >= 4 is 52.0 Å². The van der Waals surface area contributed by atoms with Crippen LogP contribution in [0.2, 0.25) is 5.02 Å². The standard InChI is InChI=1S/C33H42ClFN8O5/c1-33(2,3)48-32(47)39-22-7-5-13-41(16-22)19-38-21-9-12-26-24(14-21)30(31(36)46)40-43(26)18-28(45)42(23-10-11-23)17-27(44)37-15-20-6-4-8-25(34)29(20)35/h4,6,8-9,12,14,22-23,38H,5,7,10-11,13,15-19H2,1-3H3,(H2,36,46)(H,37,44)(H,39,47)/t22-/m1/s1. The van der Waals surface area contributed by atoms with E-state index in [0.717, 1.165) is 37.9 Å². The molecule has 3 aromatic rings. The zero-order valence-corrected chi connectivity index (χ0v) is 28.1. The second-order valence-corrected chi connectivity index (χ2v) is 13.6. The molecule has 13 nitrogen and oxygen atoms in total.